The molecule has 0 spiro atoms. The fourth-order valence-corrected chi connectivity index (χ4v) is 0.422. The Morgan fingerprint density at radius 2 is 2.56 bits per heavy atom. The summed E-state index contributed by atoms with van der Waals surface area (Å²) in [5.41, 5.74) is 5.87. The summed E-state index contributed by atoms with van der Waals surface area (Å²) in [5, 5.41) is 9.96. The zero-order valence-electron chi connectivity index (χ0n) is 4.44. The molecule has 0 unspecified atom stereocenters. The van der Waals surface area contributed by atoms with Gasteiger partial charge in [0.2, 0.25) is 0 Å². The zero-order chi connectivity index (χ0) is 6.69. The summed E-state index contributed by atoms with van der Waals surface area (Å²) in [6.07, 6.45) is 3.87. The van der Waals surface area contributed by atoms with Crippen LogP contribution in [-0.2, 0) is 0 Å². The van der Waals surface area contributed by atoms with E-state index in [0.29, 0.717) is 0 Å². The minimum atomic E-state index is -0.488. The van der Waals surface area contributed by atoms with Crippen molar-refractivity contribution in [1.82, 2.24) is 10.9 Å². The van der Waals surface area contributed by atoms with Crippen LogP contribution in [0.4, 0.5) is 0 Å². The second kappa shape index (κ2) is 2.17. The predicted octanol–water partition coefficient (Wildman–Crippen LogP) is -0.259. The number of hydrogen-bond acceptors (Lipinski definition) is 3. The monoisotopic (exact) mass is 126 g/mol. The molecular formula is C4H4N3O2. The van der Waals surface area contributed by atoms with Gasteiger partial charge in [-0.05, 0) is 0 Å². The first kappa shape index (κ1) is 5.61. The van der Waals surface area contributed by atoms with E-state index in [9.17, 15) is 10.1 Å². The van der Waals surface area contributed by atoms with Crippen LogP contribution in [0.1, 0.15) is 0 Å². The fourth-order valence-electron chi connectivity index (χ4n) is 0.422. The highest BCUT2D eigenvalue weighted by molar-refractivity contribution is 5.11. The molecule has 9 heavy (non-hydrogen) atoms. The van der Waals surface area contributed by atoms with Crippen LogP contribution in [0.25, 0.3) is 0 Å². The van der Waals surface area contributed by atoms with Crippen LogP contribution in [0, 0.1) is 10.1 Å². The van der Waals surface area contributed by atoms with Crippen molar-refractivity contribution in [2.45, 2.75) is 0 Å². The second-order valence-electron chi connectivity index (χ2n) is 1.40. The van der Waals surface area contributed by atoms with E-state index in [1.54, 1.807) is 0 Å². The Morgan fingerprint density at radius 1 is 1.78 bits per heavy atom. The van der Waals surface area contributed by atoms with Gasteiger partial charge in [0.05, 0.1) is 17.3 Å². The third-order valence-corrected chi connectivity index (χ3v) is 0.818. The van der Waals surface area contributed by atoms with E-state index in [0.717, 1.165) is 0 Å². The van der Waals surface area contributed by atoms with E-state index < -0.39 is 4.92 Å². The van der Waals surface area contributed by atoms with Gasteiger partial charge in [-0.1, -0.05) is 0 Å². The van der Waals surface area contributed by atoms with E-state index in [-0.39, 0.29) is 5.70 Å². The molecule has 1 rings (SSSR count). The first-order valence-electron chi connectivity index (χ1n) is 2.27. The number of nitrogens with one attached hydrogen (secondary N) is 1. The van der Waals surface area contributed by atoms with Crippen LogP contribution in [0.5, 0.6) is 0 Å². The summed E-state index contributed by atoms with van der Waals surface area (Å²) in [6, 6.07) is 0. The van der Waals surface area contributed by atoms with E-state index in [4.69, 9.17) is 0 Å². The van der Waals surface area contributed by atoms with Crippen LogP contribution in [-0.4, -0.2) is 4.92 Å². The average Bonchev–Trinajstić information content (AvgIpc) is 1.90. The van der Waals surface area contributed by atoms with Crippen molar-refractivity contribution >= 4 is 0 Å². The van der Waals surface area contributed by atoms with Gasteiger partial charge in [0, 0.05) is 6.08 Å². The van der Waals surface area contributed by atoms with Gasteiger partial charge >= 0.3 is 0 Å². The van der Waals surface area contributed by atoms with Gasteiger partial charge in [0.1, 0.15) is 0 Å². The van der Waals surface area contributed by atoms with Gasteiger partial charge in [0.15, 0.2) is 0 Å². The van der Waals surface area contributed by atoms with E-state index in [1.165, 1.54) is 18.5 Å². The Labute approximate surface area is 51.2 Å². The van der Waals surface area contributed by atoms with Gasteiger partial charge in [0.25, 0.3) is 5.70 Å². The van der Waals surface area contributed by atoms with Crippen LogP contribution < -0.4 is 10.9 Å². The third-order valence-electron chi connectivity index (χ3n) is 0.818. The van der Waals surface area contributed by atoms with Gasteiger partial charge in [-0.15, -0.1) is 0 Å². The van der Waals surface area contributed by atoms with E-state index in [1.807, 2.05) is 0 Å². The number of rotatable bonds is 1. The van der Waals surface area contributed by atoms with Crippen molar-refractivity contribution in [2.24, 2.45) is 0 Å². The minimum Gasteiger partial charge on any atom is -0.279 e. The lowest BCUT2D eigenvalue weighted by Crippen LogP contribution is -2.18. The molecule has 0 fully saturated rings. The average molecular weight is 126 g/mol. The summed E-state index contributed by atoms with van der Waals surface area (Å²) >= 11 is 0. The molecule has 0 saturated carbocycles. The summed E-state index contributed by atoms with van der Waals surface area (Å²) in [6.45, 7) is 0. The minimum absolute atomic E-state index is 0.0185. The normalized spacial score (nSPS) is 15.3. The Morgan fingerprint density at radius 3 is 2.89 bits per heavy atom. The summed E-state index contributed by atoms with van der Waals surface area (Å²) in [4.78, 5) is 9.47. The lowest BCUT2D eigenvalue weighted by Gasteiger charge is -1.98. The molecule has 0 aromatic heterocycles. The quantitative estimate of drug-likeness (QED) is 0.388. The Hall–Kier alpha value is -1.52. The maximum Gasteiger partial charge on any atom is 0.288 e. The molecule has 0 bridgehead atoms. The van der Waals surface area contributed by atoms with Crippen molar-refractivity contribution in [3.63, 3.8) is 0 Å². The highest BCUT2D eigenvalue weighted by Gasteiger charge is 2.06. The molecule has 1 N–H and O–H groups in total. The molecule has 1 aliphatic heterocycles. The number of nitrogens with zero attached hydrogens (tertiary/aromatic N) is 2. The topological polar surface area (TPSA) is 69.3 Å². The Kier molecular flexibility index (Phi) is 1.35. The van der Waals surface area contributed by atoms with Gasteiger partial charge < -0.3 is 0 Å². The van der Waals surface area contributed by atoms with Gasteiger partial charge in [-0.25, -0.2) is 0 Å². The van der Waals surface area contributed by atoms with Crippen LogP contribution in [0.2, 0.25) is 0 Å². The van der Waals surface area contributed by atoms with Crippen molar-refractivity contribution < 1.29 is 4.92 Å². The highest BCUT2D eigenvalue weighted by atomic mass is 16.6. The lowest BCUT2D eigenvalue weighted by molar-refractivity contribution is -0.419. The molecule has 0 saturated heterocycles. The number of allylic oxidation sites excluding steroid dienone is 1. The smallest absolute Gasteiger partial charge is 0.279 e. The summed E-state index contributed by atoms with van der Waals surface area (Å²) in [5.74, 6) is 0. The largest absolute Gasteiger partial charge is 0.288 e. The molecule has 1 radical (unpaired) electrons. The predicted molar refractivity (Wildman–Crippen MR) is 29.5 cm³/mol. The van der Waals surface area contributed by atoms with E-state index >= 15 is 0 Å². The molecule has 0 aromatic rings. The van der Waals surface area contributed by atoms with Crippen LogP contribution in [0.15, 0.2) is 24.2 Å². The first-order valence-corrected chi connectivity index (χ1v) is 2.27. The maximum absolute atomic E-state index is 9.96. The highest BCUT2D eigenvalue weighted by Crippen LogP contribution is 1.97. The first-order chi connectivity index (χ1) is 4.30. The van der Waals surface area contributed by atoms with Crippen LogP contribution in [0.3, 0.4) is 0 Å². The summed E-state index contributed by atoms with van der Waals surface area (Å²) in [7, 11) is 0. The molecule has 0 atom stereocenters. The Bertz CT molecular complexity index is 184. The van der Waals surface area contributed by atoms with Crippen molar-refractivity contribution in [3.05, 3.63) is 34.3 Å². The third kappa shape index (κ3) is 1.18. The standard InChI is InChI=1S/C4H4N3O2/c8-7(9)4-1-2-5-6-3-4/h1-3,6H. The van der Waals surface area contributed by atoms with Gasteiger partial charge in [-0.3, -0.25) is 15.5 Å². The molecule has 1 aliphatic rings. The summed E-state index contributed by atoms with van der Waals surface area (Å²) < 4.78 is 0. The molecular weight excluding hydrogens is 122 g/mol. The van der Waals surface area contributed by atoms with Crippen molar-refractivity contribution in [3.8, 4) is 0 Å². The Balaban J connectivity index is 2.69. The lowest BCUT2D eigenvalue weighted by atomic mass is 10.4. The molecule has 5 nitrogen and oxygen atoms in total. The molecule has 47 valence electrons. The number of nitro groups is 1. The molecule has 0 amide bonds. The maximum atomic E-state index is 9.96. The second-order valence-corrected chi connectivity index (χ2v) is 1.40. The molecule has 1 heterocycles. The molecule has 0 aliphatic carbocycles. The number of hydrogen-bond donors (Lipinski definition) is 1. The van der Waals surface area contributed by atoms with Gasteiger partial charge in [-0.2, -0.15) is 5.43 Å². The SMILES string of the molecule is O=[N+]([O-])C1=CN[N]C=C1. The zero-order valence-corrected chi connectivity index (χ0v) is 4.44. The molecule has 0 aromatic carbocycles. The fraction of sp³-hybridized carbons (Fsp3) is 0. The van der Waals surface area contributed by atoms with Crippen molar-refractivity contribution in [1.29, 1.82) is 0 Å². The van der Waals surface area contributed by atoms with Crippen LogP contribution >= 0.6 is 0 Å². The van der Waals surface area contributed by atoms with E-state index in [2.05, 4.69) is 10.9 Å². The molecule has 5 heteroatoms. The van der Waals surface area contributed by atoms with Crippen molar-refractivity contribution in [2.75, 3.05) is 0 Å².